The summed E-state index contributed by atoms with van der Waals surface area (Å²) < 4.78 is 10.6. The molecule has 2 aromatic carbocycles. The molecule has 0 heterocycles. The molecule has 0 radical (unpaired) electrons. The predicted octanol–water partition coefficient (Wildman–Crippen LogP) is 3.03. The zero-order chi connectivity index (χ0) is 19.6. The van der Waals surface area contributed by atoms with Gasteiger partial charge in [-0.2, -0.15) is 0 Å². The molecular weight excluding hydrogens is 340 g/mol. The van der Waals surface area contributed by atoms with Crippen LogP contribution >= 0.6 is 0 Å². The van der Waals surface area contributed by atoms with Gasteiger partial charge in [0, 0.05) is 32.9 Å². The summed E-state index contributed by atoms with van der Waals surface area (Å²) in [6, 6.07) is 14.3. The molecule has 0 aliphatic rings. The van der Waals surface area contributed by atoms with E-state index in [1.165, 1.54) is 11.3 Å². The van der Waals surface area contributed by atoms with Crippen molar-refractivity contribution in [1.29, 1.82) is 0 Å². The van der Waals surface area contributed by atoms with Crippen molar-refractivity contribution in [2.45, 2.75) is 20.0 Å². The van der Waals surface area contributed by atoms with Crippen LogP contribution in [0.5, 0.6) is 11.5 Å². The summed E-state index contributed by atoms with van der Waals surface area (Å²) in [5.41, 5.74) is 3.45. The highest BCUT2D eigenvalue weighted by Gasteiger charge is 2.05. The van der Waals surface area contributed by atoms with Gasteiger partial charge in [0.15, 0.2) is 17.5 Å². The summed E-state index contributed by atoms with van der Waals surface area (Å²) in [4.78, 5) is 6.75. The Hall–Kier alpha value is -2.89. The molecule has 0 spiro atoms. The normalized spacial score (nSPS) is 11.1. The van der Waals surface area contributed by atoms with E-state index in [0.29, 0.717) is 18.8 Å². The lowest BCUT2D eigenvalue weighted by molar-refractivity contribution is 0.354. The van der Waals surface area contributed by atoms with Crippen LogP contribution in [-0.2, 0) is 13.1 Å². The molecule has 0 atom stereocenters. The average Bonchev–Trinajstić information content (AvgIpc) is 2.70. The van der Waals surface area contributed by atoms with Crippen molar-refractivity contribution in [3.63, 3.8) is 0 Å². The van der Waals surface area contributed by atoms with Gasteiger partial charge in [-0.25, -0.2) is 4.99 Å². The highest BCUT2D eigenvalue weighted by molar-refractivity contribution is 5.79. The number of aliphatic imine (C=N–C) groups is 1. The minimum atomic E-state index is 0.551. The summed E-state index contributed by atoms with van der Waals surface area (Å²) in [5, 5.41) is 6.65. The second kappa shape index (κ2) is 10.3. The summed E-state index contributed by atoms with van der Waals surface area (Å²) >= 11 is 0. The number of guanidine groups is 1. The highest BCUT2D eigenvalue weighted by atomic mass is 16.5. The van der Waals surface area contributed by atoms with Gasteiger partial charge in [0.1, 0.15) is 0 Å². The number of anilines is 1. The quantitative estimate of drug-likeness (QED) is 0.553. The first-order valence-corrected chi connectivity index (χ1v) is 9.06. The molecule has 2 rings (SSSR count). The number of rotatable bonds is 8. The third-order valence-corrected chi connectivity index (χ3v) is 4.12. The molecule has 2 aromatic rings. The van der Waals surface area contributed by atoms with Gasteiger partial charge in [0.25, 0.3) is 0 Å². The van der Waals surface area contributed by atoms with Crippen LogP contribution < -0.4 is 25.0 Å². The Labute approximate surface area is 162 Å². The Bertz CT molecular complexity index is 742. The number of hydrogen-bond acceptors (Lipinski definition) is 4. The van der Waals surface area contributed by atoms with Crippen LogP contribution in [0.3, 0.4) is 0 Å². The summed E-state index contributed by atoms with van der Waals surface area (Å²) in [6.45, 7) is 4.12. The maximum atomic E-state index is 5.35. The van der Waals surface area contributed by atoms with Crippen LogP contribution in [0, 0.1) is 0 Å². The van der Waals surface area contributed by atoms with Gasteiger partial charge < -0.3 is 25.0 Å². The van der Waals surface area contributed by atoms with Crippen LogP contribution in [0.25, 0.3) is 0 Å². The molecule has 27 heavy (non-hydrogen) atoms. The topological polar surface area (TPSA) is 58.1 Å². The lowest BCUT2D eigenvalue weighted by Gasteiger charge is -2.14. The second-order valence-corrected chi connectivity index (χ2v) is 6.30. The molecule has 0 aliphatic heterocycles. The van der Waals surface area contributed by atoms with Crippen molar-refractivity contribution >= 4 is 11.6 Å². The Balaban J connectivity index is 2.01. The van der Waals surface area contributed by atoms with Gasteiger partial charge >= 0.3 is 0 Å². The van der Waals surface area contributed by atoms with Crippen molar-refractivity contribution in [1.82, 2.24) is 10.6 Å². The van der Waals surface area contributed by atoms with E-state index in [9.17, 15) is 0 Å². The first-order valence-electron chi connectivity index (χ1n) is 9.06. The zero-order valence-electron chi connectivity index (χ0n) is 16.9. The highest BCUT2D eigenvalue weighted by Crippen LogP contribution is 2.27. The number of methoxy groups -OCH3 is 2. The predicted molar refractivity (Wildman–Crippen MR) is 112 cm³/mol. The number of benzene rings is 2. The van der Waals surface area contributed by atoms with Gasteiger partial charge in [0.2, 0.25) is 0 Å². The minimum absolute atomic E-state index is 0.551. The van der Waals surface area contributed by atoms with Crippen LogP contribution in [0.1, 0.15) is 18.1 Å². The van der Waals surface area contributed by atoms with Crippen LogP contribution in [0.4, 0.5) is 5.69 Å². The molecule has 0 unspecified atom stereocenters. The fourth-order valence-electron chi connectivity index (χ4n) is 2.59. The van der Waals surface area contributed by atoms with Crippen molar-refractivity contribution in [3.05, 3.63) is 53.6 Å². The molecule has 0 fully saturated rings. The summed E-state index contributed by atoms with van der Waals surface area (Å²) in [5.74, 6) is 2.21. The lowest BCUT2D eigenvalue weighted by atomic mass is 10.2. The Kier molecular flexibility index (Phi) is 7.79. The van der Waals surface area contributed by atoms with Crippen LogP contribution in [0.15, 0.2) is 47.5 Å². The SMILES string of the molecule is CCNC(=NCc1ccc(OC)c(OC)c1)NCc1ccc(N(C)C)cc1. The van der Waals surface area contributed by atoms with Gasteiger partial charge in [-0.3, -0.25) is 0 Å². The fraction of sp³-hybridized carbons (Fsp3) is 0.381. The fourth-order valence-corrected chi connectivity index (χ4v) is 2.59. The molecule has 0 saturated carbocycles. The zero-order valence-corrected chi connectivity index (χ0v) is 16.9. The molecule has 0 aliphatic carbocycles. The molecule has 2 N–H and O–H groups in total. The minimum Gasteiger partial charge on any atom is -0.493 e. The van der Waals surface area contributed by atoms with Crippen molar-refractivity contribution in [2.75, 3.05) is 39.8 Å². The van der Waals surface area contributed by atoms with E-state index in [1.54, 1.807) is 14.2 Å². The molecule has 0 bridgehead atoms. The van der Waals surface area contributed by atoms with E-state index in [-0.39, 0.29) is 0 Å². The van der Waals surface area contributed by atoms with Gasteiger partial charge in [0.05, 0.1) is 20.8 Å². The largest absolute Gasteiger partial charge is 0.493 e. The molecular formula is C21H30N4O2. The number of nitrogens with one attached hydrogen (secondary N) is 2. The van der Waals surface area contributed by atoms with E-state index >= 15 is 0 Å². The van der Waals surface area contributed by atoms with Crippen LogP contribution in [-0.4, -0.2) is 40.8 Å². The molecule has 146 valence electrons. The van der Waals surface area contributed by atoms with E-state index in [1.807, 2.05) is 32.3 Å². The molecule has 6 nitrogen and oxygen atoms in total. The first kappa shape index (κ1) is 20.4. The molecule has 0 amide bonds. The third kappa shape index (κ3) is 6.09. The van der Waals surface area contributed by atoms with Gasteiger partial charge in [-0.05, 0) is 42.3 Å². The standard InChI is InChI=1S/C21H30N4O2/c1-6-22-21(23-14-16-7-10-18(11-8-16)25(2)3)24-15-17-9-12-19(26-4)20(13-17)27-5/h7-13H,6,14-15H2,1-5H3,(H2,22,23,24). The van der Waals surface area contributed by atoms with Crippen molar-refractivity contribution in [3.8, 4) is 11.5 Å². The van der Waals surface area contributed by atoms with E-state index in [0.717, 1.165) is 23.8 Å². The molecule has 0 saturated heterocycles. The van der Waals surface area contributed by atoms with E-state index < -0.39 is 0 Å². The molecule has 0 aromatic heterocycles. The number of ether oxygens (including phenoxy) is 2. The first-order chi connectivity index (χ1) is 13.1. The third-order valence-electron chi connectivity index (χ3n) is 4.12. The Morgan fingerprint density at radius 3 is 2.19 bits per heavy atom. The molecule has 6 heteroatoms. The maximum absolute atomic E-state index is 5.35. The van der Waals surface area contributed by atoms with Crippen molar-refractivity contribution in [2.24, 2.45) is 4.99 Å². The lowest BCUT2D eigenvalue weighted by Crippen LogP contribution is -2.36. The smallest absolute Gasteiger partial charge is 0.191 e. The monoisotopic (exact) mass is 370 g/mol. The van der Waals surface area contributed by atoms with E-state index in [2.05, 4.69) is 51.7 Å². The Morgan fingerprint density at radius 1 is 0.926 bits per heavy atom. The number of hydrogen-bond donors (Lipinski definition) is 2. The van der Waals surface area contributed by atoms with Gasteiger partial charge in [-0.15, -0.1) is 0 Å². The summed E-state index contributed by atoms with van der Waals surface area (Å²) in [6.07, 6.45) is 0. The van der Waals surface area contributed by atoms with E-state index in [4.69, 9.17) is 9.47 Å². The maximum Gasteiger partial charge on any atom is 0.191 e. The van der Waals surface area contributed by atoms with Crippen LogP contribution in [0.2, 0.25) is 0 Å². The average molecular weight is 370 g/mol. The van der Waals surface area contributed by atoms with Crippen molar-refractivity contribution < 1.29 is 9.47 Å². The summed E-state index contributed by atoms with van der Waals surface area (Å²) in [7, 11) is 7.35. The number of nitrogens with zero attached hydrogens (tertiary/aromatic N) is 2. The Morgan fingerprint density at radius 2 is 1.59 bits per heavy atom. The second-order valence-electron chi connectivity index (χ2n) is 6.30. The van der Waals surface area contributed by atoms with Gasteiger partial charge in [-0.1, -0.05) is 18.2 Å².